The number of nitrogens with zero attached hydrogens (tertiary/aromatic N) is 2. The summed E-state index contributed by atoms with van der Waals surface area (Å²) in [5, 5.41) is 0. The first-order valence-corrected chi connectivity index (χ1v) is 11.0. The van der Waals surface area contributed by atoms with Gasteiger partial charge < -0.3 is 9.47 Å². The van der Waals surface area contributed by atoms with E-state index in [-0.39, 0.29) is 0 Å². The van der Waals surface area contributed by atoms with Crippen molar-refractivity contribution in [3.63, 3.8) is 0 Å². The molecule has 0 aliphatic rings. The molecule has 0 amide bonds. The molecule has 0 radical (unpaired) electrons. The van der Waals surface area contributed by atoms with Gasteiger partial charge in [-0.3, -0.25) is 9.98 Å². The molecule has 0 aromatic heterocycles. The first-order chi connectivity index (χ1) is 16.7. The smallest absolute Gasteiger partial charge is 0.118 e. The Hall–Kier alpha value is -4.44. The molecular weight excluding hydrogens is 420 g/mol. The minimum Gasteiger partial charge on any atom is -0.497 e. The minimum atomic E-state index is 0.837. The van der Waals surface area contributed by atoms with Crippen LogP contribution in [0.5, 0.6) is 11.5 Å². The third-order valence-corrected chi connectivity index (χ3v) is 5.21. The number of aliphatic imine (C=N–C) groups is 2. The van der Waals surface area contributed by atoms with E-state index < -0.39 is 0 Å². The molecule has 0 heterocycles. The SMILES string of the molecule is COc1ccc(C=Nc2ccc(C=Cc3ccc(N=Cc4ccc(OC)cc4)cc3)cc2)cc1. The summed E-state index contributed by atoms with van der Waals surface area (Å²) in [6.45, 7) is 0. The number of ether oxygens (including phenoxy) is 2. The van der Waals surface area contributed by atoms with Gasteiger partial charge in [-0.1, -0.05) is 36.4 Å². The molecule has 4 rings (SSSR count). The highest BCUT2D eigenvalue weighted by atomic mass is 16.5. The van der Waals surface area contributed by atoms with Crippen molar-refractivity contribution in [3.8, 4) is 11.5 Å². The van der Waals surface area contributed by atoms with Crippen molar-refractivity contribution in [2.45, 2.75) is 0 Å². The highest BCUT2D eigenvalue weighted by Crippen LogP contribution is 2.18. The molecule has 0 unspecified atom stereocenters. The van der Waals surface area contributed by atoms with Crippen molar-refractivity contribution in [2.75, 3.05) is 14.2 Å². The number of benzene rings is 4. The van der Waals surface area contributed by atoms with Crippen LogP contribution < -0.4 is 9.47 Å². The molecule has 4 aromatic rings. The summed E-state index contributed by atoms with van der Waals surface area (Å²) in [6.07, 6.45) is 7.88. The van der Waals surface area contributed by atoms with Gasteiger partial charge in [0.15, 0.2) is 0 Å². The summed E-state index contributed by atoms with van der Waals surface area (Å²) in [5.74, 6) is 1.67. The molecule has 0 aliphatic heterocycles. The van der Waals surface area contributed by atoms with E-state index >= 15 is 0 Å². The van der Waals surface area contributed by atoms with Crippen LogP contribution in [0.2, 0.25) is 0 Å². The fourth-order valence-corrected chi connectivity index (χ4v) is 3.21. The van der Waals surface area contributed by atoms with E-state index in [1.165, 1.54) is 0 Å². The molecule has 0 atom stereocenters. The predicted molar refractivity (Wildman–Crippen MR) is 142 cm³/mol. The van der Waals surface area contributed by atoms with Crippen molar-refractivity contribution in [1.29, 1.82) is 0 Å². The maximum atomic E-state index is 5.18. The zero-order valence-electron chi connectivity index (χ0n) is 19.3. The summed E-state index contributed by atoms with van der Waals surface area (Å²) in [6, 6.07) is 31.9. The van der Waals surface area contributed by atoms with Crippen LogP contribution in [0.25, 0.3) is 12.2 Å². The Bertz CT molecular complexity index is 1170. The van der Waals surface area contributed by atoms with Gasteiger partial charge in [-0.05, 0) is 95.1 Å². The fraction of sp³-hybridized carbons (Fsp3) is 0.0667. The number of methoxy groups -OCH3 is 2. The molecule has 0 spiro atoms. The Morgan fingerprint density at radius 2 is 0.765 bits per heavy atom. The normalized spacial score (nSPS) is 11.5. The Morgan fingerprint density at radius 3 is 1.09 bits per heavy atom. The van der Waals surface area contributed by atoms with E-state index in [0.29, 0.717) is 0 Å². The molecule has 4 nitrogen and oxygen atoms in total. The largest absolute Gasteiger partial charge is 0.497 e. The average molecular weight is 447 g/mol. The van der Waals surface area contributed by atoms with Gasteiger partial charge in [0.2, 0.25) is 0 Å². The molecule has 0 saturated carbocycles. The quantitative estimate of drug-likeness (QED) is 0.209. The van der Waals surface area contributed by atoms with Crippen LogP contribution in [0.3, 0.4) is 0 Å². The Morgan fingerprint density at radius 1 is 0.441 bits per heavy atom. The molecule has 34 heavy (non-hydrogen) atoms. The van der Waals surface area contributed by atoms with Gasteiger partial charge in [-0.2, -0.15) is 0 Å². The second-order valence-electron chi connectivity index (χ2n) is 7.58. The van der Waals surface area contributed by atoms with Gasteiger partial charge >= 0.3 is 0 Å². The standard InChI is InChI=1S/C30H26N2O2/c1-33-29-17-9-25(10-18-29)21-31-27-13-5-23(6-14-27)3-4-24-7-15-28(16-8-24)32-22-26-11-19-30(34-2)20-12-26/h3-22H,1-2H3. The van der Waals surface area contributed by atoms with Gasteiger partial charge in [0.05, 0.1) is 25.6 Å². The molecule has 0 N–H and O–H groups in total. The van der Waals surface area contributed by atoms with E-state index in [0.717, 1.165) is 45.1 Å². The van der Waals surface area contributed by atoms with E-state index in [4.69, 9.17) is 9.47 Å². The molecule has 4 aromatic carbocycles. The Kier molecular flexibility index (Phi) is 7.65. The lowest BCUT2D eigenvalue weighted by Gasteiger charge is -2.00. The van der Waals surface area contributed by atoms with E-state index in [1.54, 1.807) is 14.2 Å². The molecule has 0 bridgehead atoms. The first-order valence-electron chi connectivity index (χ1n) is 11.0. The zero-order chi connectivity index (χ0) is 23.6. The van der Waals surface area contributed by atoms with Crippen LogP contribution in [0.1, 0.15) is 22.3 Å². The Labute approximate surface area is 200 Å². The maximum Gasteiger partial charge on any atom is 0.118 e. The molecule has 168 valence electrons. The van der Waals surface area contributed by atoms with Gasteiger partial charge in [0.25, 0.3) is 0 Å². The van der Waals surface area contributed by atoms with Crippen LogP contribution in [0, 0.1) is 0 Å². The maximum absolute atomic E-state index is 5.18. The van der Waals surface area contributed by atoms with Crippen LogP contribution in [-0.4, -0.2) is 26.6 Å². The van der Waals surface area contributed by atoms with Crippen LogP contribution in [0.4, 0.5) is 11.4 Å². The van der Waals surface area contributed by atoms with E-state index in [1.807, 2.05) is 85.2 Å². The number of hydrogen-bond acceptors (Lipinski definition) is 4. The molecule has 0 fully saturated rings. The van der Waals surface area contributed by atoms with Crippen molar-refractivity contribution in [1.82, 2.24) is 0 Å². The molecule has 0 aliphatic carbocycles. The molecule has 0 saturated heterocycles. The average Bonchev–Trinajstić information content (AvgIpc) is 2.91. The number of rotatable bonds is 8. The Balaban J connectivity index is 1.33. The lowest BCUT2D eigenvalue weighted by Crippen LogP contribution is -1.84. The van der Waals surface area contributed by atoms with E-state index in [2.05, 4.69) is 46.4 Å². The minimum absolute atomic E-state index is 0.837. The summed E-state index contributed by atoms with van der Waals surface area (Å²) in [4.78, 5) is 9.08. The van der Waals surface area contributed by atoms with Crippen LogP contribution in [0.15, 0.2) is 107 Å². The fourth-order valence-electron chi connectivity index (χ4n) is 3.21. The monoisotopic (exact) mass is 446 g/mol. The highest BCUT2D eigenvalue weighted by Gasteiger charge is 1.95. The number of hydrogen-bond donors (Lipinski definition) is 0. The molecular formula is C30H26N2O2. The van der Waals surface area contributed by atoms with Gasteiger partial charge in [0, 0.05) is 12.4 Å². The van der Waals surface area contributed by atoms with Crippen molar-refractivity contribution >= 4 is 36.0 Å². The third-order valence-electron chi connectivity index (χ3n) is 5.21. The lowest BCUT2D eigenvalue weighted by atomic mass is 10.1. The van der Waals surface area contributed by atoms with E-state index in [9.17, 15) is 0 Å². The van der Waals surface area contributed by atoms with Gasteiger partial charge in [-0.15, -0.1) is 0 Å². The second kappa shape index (κ2) is 11.4. The molecule has 4 heteroatoms. The summed E-state index contributed by atoms with van der Waals surface area (Å²) >= 11 is 0. The van der Waals surface area contributed by atoms with Crippen LogP contribution >= 0.6 is 0 Å². The van der Waals surface area contributed by atoms with Gasteiger partial charge in [-0.25, -0.2) is 0 Å². The summed E-state index contributed by atoms with van der Waals surface area (Å²) in [7, 11) is 3.32. The van der Waals surface area contributed by atoms with Crippen LogP contribution in [-0.2, 0) is 0 Å². The summed E-state index contributed by atoms with van der Waals surface area (Å²) < 4.78 is 10.4. The zero-order valence-corrected chi connectivity index (χ0v) is 19.3. The second-order valence-corrected chi connectivity index (χ2v) is 7.58. The van der Waals surface area contributed by atoms with Crippen molar-refractivity contribution < 1.29 is 9.47 Å². The topological polar surface area (TPSA) is 43.2 Å². The van der Waals surface area contributed by atoms with Crippen molar-refractivity contribution in [3.05, 3.63) is 119 Å². The third kappa shape index (κ3) is 6.53. The lowest BCUT2D eigenvalue weighted by molar-refractivity contribution is 0.414. The first kappa shape index (κ1) is 22.7. The van der Waals surface area contributed by atoms with Crippen molar-refractivity contribution in [2.24, 2.45) is 9.98 Å². The summed E-state index contributed by atoms with van der Waals surface area (Å²) in [5.41, 5.74) is 6.11. The predicted octanol–water partition coefficient (Wildman–Crippen LogP) is 7.38. The highest BCUT2D eigenvalue weighted by molar-refractivity contribution is 5.83. The van der Waals surface area contributed by atoms with Gasteiger partial charge in [0.1, 0.15) is 11.5 Å².